The van der Waals surface area contributed by atoms with E-state index in [0.29, 0.717) is 18.7 Å². The van der Waals surface area contributed by atoms with Gasteiger partial charge in [-0.3, -0.25) is 0 Å². The molecule has 0 unspecified atom stereocenters. The van der Waals surface area contributed by atoms with Crippen LogP contribution in [0.15, 0.2) is 42.7 Å². The van der Waals surface area contributed by atoms with Crippen LogP contribution < -0.4 is 33.3 Å². The summed E-state index contributed by atoms with van der Waals surface area (Å²) in [6, 6.07) is 8.19. The summed E-state index contributed by atoms with van der Waals surface area (Å²) in [6.07, 6.45) is 3.50. The fraction of sp³-hybridized carbons (Fsp3) is 0.250. The SMILES string of the molecule is COC(=O)c1cc[n+](CCOc2ccc(C)cc2F)cc1.[I-]. The molecule has 1 heterocycles. The van der Waals surface area contributed by atoms with E-state index in [4.69, 9.17) is 4.74 Å². The molecule has 0 N–H and O–H groups in total. The Morgan fingerprint density at radius 3 is 2.50 bits per heavy atom. The predicted octanol–water partition coefficient (Wildman–Crippen LogP) is -0.709. The minimum atomic E-state index is -0.375. The van der Waals surface area contributed by atoms with Crippen molar-refractivity contribution in [2.45, 2.75) is 13.5 Å². The highest BCUT2D eigenvalue weighted by Crippen LogP contribution is 2.17. The number of halogens is 2. The molecule has 1 aromatic heterocycles. The van der Waals surface area contributed by atoms with E-state index in [0.717, 1.165) is 5.56 Å². The first kappa shape index (κ1) is 18.3. The van der Waals surface area contributed by atoms with Crippen LogP contribution in [-0.4, -0.2) is 19.7 Å². The molecule has 0 amide bonds. The normalized spacial score (nSPS) is 9.77. The van der Waals surface area contributed by atoms with Gasteiger partial charge in [-0.1, -0.05) is 6.07 Å². The van der Waals surface area contributed by atoms with Crippen molar-refractivity contribution in [2.75, 3.05) is 13.7 Å². The molecular formula is C16H17FINO3. The molecule has 6 heteroatoms. The van der Waals surface area contributed by atoms with Crippen molar-refractivity contribution in [1.29, 1.82) is 0 Å². The number of benzene rings is 1. The number of pyridine rings is 1. The van der Waals surface area contributed by atoms with Crippen LogP contribution in [0.1, 0.15) is 15.9 Å². The zero-order valence-corrected chi connectivity index (χ0v) is 14.5. The van der Waals surface area contributed by atoms with E-state index >= 15 is 0 Å². The predicted molar refractivity (Wildman–Crippen MR) is 74.6 cm³/mol. The van der Waals surface area contributed by atoms with Crippen molar-refractivity contribution >= 4 is 5.97 Å². The summed E-state index contributed by atoms with van der Waals surface area (Å²) in [5.41, 5.74) is 1.34. The zero-order valence-electron chi connectivity index (χ0n) is 12.4. The third-order valence-corrected chi connectivity index (χ3v) is 3.01. The number of esters is 1. The average molecular weight is 417 g/mol. The van der Waals surface area contributed by atoms with Crippen molar-refractivity contribution < 1.29 is 47.2 Å². The fourth-order valence-corrected chi connectivity index (χ4v) is 1.84. The Morgan fingerprint density at radius 1 is 1.23 bits per heavy atom. The van der Waals surface area contributed by atoms with E-state index < -0.39 is 0 Å². The Kier molecular flexibility index (Phi) is 7.23. The lowest BCUT2D eigenvalue weighted by molar-refractivity contribution is -0.697. The summed E-state index contributed by atoms with van der Waals surface area (Å²) >= 11 is 0. The van der Waals surface area contributed by atoms with Crippen LogP contribution in [0.3, 0.4) is 0 Å². The van der Waals surface area contributed by atoms with Crippen molar-refractivity contribution in [1.82, 2.24) is 0 Å². The Bertz CT molecular complexity index is 632. The van der Waals surface area contributed by atoms with Gasteiger partial charge in [0.05, 0.1) is 12.7 Å². The van der Waals surface area contributed by atoms with Gasteiger partial charge in [0.1, 0.15) is 6.61 Å². The molecular weight excluding hydrogens is 400 g/mol. The number of methoxy groups -OCH3 is 1. The lowest BCUT2D eigenvalue weighted by atomic mass is 10.2. The summed E-state index contributed by atoms with van der Waals surface area (Å²) in [4.78, 5) is 11.3. The van der Waals surface area contributed by atoms with Gasteiger partial charge in [0.15, 0.2) is 30.5 Å². The number of nitrogens with zero attached hydrogens (tertiary/aromatic N) is 1. The summed E-state index contributed by atoms with van der Waals surface area (Å²) in [6.45, 7) is 2.71. The van der Waals surface area contributed by atoms with Crippen LogP contribution in [0.25, 0.3) is 0 Å². The Hall–Kier alpha value is -1.70. The molecule has 0 spiro atoms. The first-order valence-corrected chi connectivity index (χ1v) is 6.56. The standard InChI is InChI=1S/C16H17FNO3.HI/c1-12-3-4-15(14(17)11-12)21-10-9-18-7-5-13(6-8-18)16(19)20-2;/h3-8,11H,9-10H2,1-2H3;1H/q+1;/p-1. The number of carbonyl (C=O) groups is 1. The third-order valence-electron chi connectivity index (χ3n) is 3.01. The van der Waals surface area contributed by atoms with Gasteiger partial charge in [0.2, 0.25) is 0 Å². The Morgan fingerprint density at radius 2 is 1.91 bits per heavy atom. The average Bonchev–Trinajstić information content (AvgIpc) is 2.49. The minimum absolute atomic E-state index is 0. The molecule has 0 aliphatic rings. The molecule has 0 radical (unpaired) electrons. The van der Waals surface area contributed by atoms with Crippen molar-refractivity contribution in [3.63, 3.8) is 0 Å². The molecule has 2 rings (SSSR count). The van der Waals surface area contributed by atoms with Crippen molar-refractivity contribution in [3.8, 4) is 5.75 Å². The topological polar surface area (TPSA) is 39.4 Å². The second-order valence-corrected chi connectivity index (χ2v) is 4.60. The van der Waals surface area contributed by atoms with E-state index in [2.05, 4.69) is 4.74 Å². The number of hydrogen-bond acceptors (Lipinski definition) is 3. The van der Waals surface area contributed by atoms with Crippen LogP contribution in [0.4, 0.5) is 4.39 Å². The van der Waals surface area contributed by atoms with Gasteiger partial charge in [0.25, 0.3) is 0 Å². The highest BCUT2D eigenvalue weighted by molar-refractivity contribution is 5.88. The molecule has 0 bridgehead atoms. The van der Waals surface area contributed by atoms with Crippen LogP contribution in [0.2, 0.25) is 0 Å². The number of hydrogen-bond donors (Lipinski definition) is 0. The maximum Gasteiger partial charge on any atom is 0.338 e. The molecule has 0 saturated carbocycles. The van der Waals surface area contributed by atoms with E-state index in [-0.39, 0.29) is 41.5 Å². The summed E-state index contributed by atoms with van der Waals surface area (Å²) in [7, 11) is 1.34. The maximum atomic E-state index is 13.6. The zero-order chi connectivity index (χ0) is 15.2. The van der Waals surface area contributed by atoms with Crippen LogP contribution in [-0.2, 0) is 11.3 Å². The molecule has 0 saturated heterocycles. The number of carbonyl (C=O) groups excluding carboxylic acids is 1. The molecule has 2 aromatic rings. The van der Waals surface area contributed by atoms with Gasteiger partial charge < -0.3 is 33.5 Å². The molecule has 4 nitrogen and oxygen atoms in total. The van der Waals surface area contributed by atoms with Gasteiger partial charge in [0, 0.05) is 12.1 Å². The molecule has 0 fully saturated rings. The lowest BCUT2D eigenvalue weighted by Crippen LogP contribution is -3.00. The van der Waals surface area contributed by atoms with Gasteiger partial charge >= 0.3 is 5.97 Å². The van der Waals surface area contributed by atoms with Crippen molar-refractivity contribution in [3.05, 3.63) is 59.7 Å². The smallest absolute Gasteiger partial charge is 0.338 e. The summed E-state index contributed by atoms with van der Waals surface area (Å²) in [5.74, 6) is -0.492. The molecule has 22 heavy (non-hydrogen) atoms. The molecule has 118 valence electrons. The molecule has 0 atom stereocenters. The summed E-state index contributed by atoms with van der Waals surface area (Å²) in [5, 5.41) is 0. The maximum absolute atomic E-state index is 13.6. The Labute approximate surface area is 145 Å². The van der Waals surface area contributed by atoms with Gasteiger partial charge in [-0.15, -0.1) is 0 Å². The highest BCUT2D eigenvalue weighted by Gasteiger charge is 2.09. The van der Waals surface area contributed by atoms with Crippen LogP contribution >= 0.6 is 0 Å². The summed E-state index contributed by atoms with van der Waals surface area (Å²) < 4.78 is 25.5. The fourth-order valence-electron chi connectivity index (χ4n) is 1.84. The quantitative estimate of drug-likeness (QED) is 0.367. The van der Waals surface area contributed by atoms with Crippen LogP contribution in [0, 0.1) is 12.7 Å². The van der Waals surface area contributed by atoms with Gasteiger partial charge in [-0.25, -0.2) is 13.8 Å². The largest absolute Gasteiger partial charge is 1.00 e. The Balaban J connectivity index is 0.00000242. The van der Waals surface area contributed by atoms with Crippen LogP contribution in [0.5, 0.6) is 5.75 Å². The third kappa shape index (κ3) is 4.94. The monoisotopic (exact) mass is 417 g/mol. The van der Waals surface area contributed by atoms with E-state index in [1.807, 2.05) is 11.5 Å². The minimum Gasteiger partial charge on any atom is -1.00 e. The number of aryl methyl sites for hydroxylation is 1. The number of ether oxygens (including phenoxy) is 2. The van der Waals surface area contributed by atoms with Gasteiger partial charge in [-0.2, -0.15) is 0 Å². The number of aromatic nitrogens is 1. The second kappa shape index (κ2) is 8.67. The first-order valence-electron chi connectivity index (χ1n) is 6.56. The van der Waals surface area contributed by atoms with E-state index in [9.17, 15) is 9.18 Å². The molecule has 0 aliphatic heterocycles. The van der Waals surface area contributed by atoms with E-state index in [1.54, 1.807) is 36.7 Å². The first-order chi connectivity index (χ1) is 10.1. The highest BCUT2D eigenvalue weighted by atomic mass is 127. The second-order valence-electron chi connectivity index (χ2n) is 4.60. The lowest BCUT2D eigenvalue weighted by Gasteiger charge is -2.06. The molecule has 0 aliphatic carbocycles. The van der Waals surface area contributed by atoms with Gasteiger partial charge in [-0.05, 0) is 24.6 Å². The van der Waals surface area contributed by atoms with Crippen molar-refractivity contribution in [2.24, 2.45) is 0 Å². The number of rotatable bonds is 5. The molecule has 1 aromatic carbocycles. The van der Waals surface area contributed by atoms with E-state index in [1.165, 1.54) is 13.2 Å².